The molecule has 1 aliphatic heterocycles. The van der Waals surface area contributed by atoms with Crippen molar-refractivity contribution in [2.45, 2.75) is 45.7 Å². The highest BCUT2D eigenvalue weighted by molar-refractivity contribution is 5.51. The molecule has 1 heterocycles. The van der Waals surface area contributed by atoms with Gasteiger partial charge < -0.3 is 19.5 Å². The maximum Gasteiger partial charge on any atom is 0.231 e. The van der Waals surface area contributed by atoms with Crippen LogP contribution in [0.1, 0.15) is 39.2 Å². The molecule has 21 heavy (non-hydrogen) atoms. The van der Waals surface area contributed by atoms with Gasteiger partial charge in [-0.25, -0.2) is 0 Å². The predicted molar refractivity (Wildman–Crippen MR) is 82.7 cm³/mol. The van der Waals surface area contributed by atoms with Crippen LogP contribution in [-0.4, -0.2) is 18.9 Å². The van der Waals surface area contributed by atoms with E-state index in [2.05, 4.69) is 32.0 Å². The molecule has 0 unspecified atom stereocenters. The van der Waals surface area contributed by atoms with Crippen LogP contribution < -0.4 is 19.5 Å². The van der Waals surface area contributed by atoms with Crippen molar-refractivity contribution in [3.63, 3.8) is 0 Å². The summed E-state index contributed by atoms with van der Waals surface area (Å²) in [6.45, 7) is 7.98. The quantitative estimate of drug-likeness (QED) is 0.645. The lowest BCUT2D eigenvalue weighted by Gasteiger charge is -2.22. The topological polar surface area (TPSA) is 39.7 Å². The minimum absolute atomic E-state index is 0.0388. The maximum absolute atomic E-state index is 5.86. The summed E-state index contributed by atoms with van der Waals surface area (Å²) >= 11 is 0. The molecule has 1 aliphatic rings. The van der Waals surface area contributed by atoms with Crippen molar-refractivity contribution >= 4 is 0 Å². The van der Waals surface area contributed by atoms with Crippen molar-refractivity contribution in [2.24, 2.45) is 0 Å². The molecule has 0 aromatic heterocycles. The van der Waals surface area contributed by atoms with E-state index in [1.807, 2.05) is 12.1 Å². The van der Waals surface area contributed by atoms with Crippen molar-refractivity contribution in [2.75, 3.05) is 13.4 Å². The van der Waals surface area contributed by atoms with E-state index in [-0.39, 0.29) is 12.3 Å². The first-order valence-corrected chi connectivity index (χ1v) is 7.23. The Balaban J connectivity index is 2.10. The summed E-state index contributed by atoms with van der Waals surface area (Å²) < 4.78 is 16.7. The number of ether oxygens (including phenoxy) is 3. The van der Waals surface area contributed by atoms with E-state index in [0.717, 1.165) is 35.7 Å². The Labute approximate surface area is 126 Å². The molecule has 0 saturated carbocycles. The Kier molecular flexibility index (Phi) is 4.98. The number of fused-ring (bicyclic) bond motifs is 1. The van der Waals surface area contributed by atoms with Gasteiger partial charge in [0.2, 0.25) is 6.79 Å². The fraction of sp³-hybridized carbons (Fsp3) is 0.529. The summed E-state index contributed by atoms with van der Waals surface area (Å²) in [5, 5.41) is 3.46. The summed E-state index contributed by atoms with van der Waals surface area (Å²) in [7, 11) is 0. The van der Waals surface area contributed by atoms with Crippen LogP contribution in [0.3, 0.4) is 0 Å². The summed E-state index contributed by atoms with van der Waals surface area (Å²) in [6, 6.07) is 3.88. The third-order valence-corrected chi connectivity index (χ3v) is 3.09. The van der Waals surface area contributed by atoms with Crippen LogP contribution in [0.5, 0.6) is 17.2 Å². The molecule has 1 N–H and O–H groups in total. The second kappa shape index (κ2) is 6.73. The van der Waals surface area contributed by atoms with Gasteiger partial charge in [-0.2, -0.15) is 0 Å². The zero-order valence-electron chi connectivity index (χ0n) is 13.0. The van der Waals surface area contributed by atoms with E-state index in [0.29, 0.717) is 13.2 Å². The van der Waals surface area contributed by atoms with Gasteiger partial charge in [0.15, 0.2) is 11.5 Å². The molecular formula is C17H23NO3. The van der Waals surface area contributed by atoms with Gasteiger partial charge in [0.05, 0.1) is 6.61 Å². The Morgan fingerprint density at radius 2 is 2.00 bits per heavy atom. The van der Waals surface area contributed by atoms with Gasteiger partial charge in [-0.3, -0.25) is 0 Å². The molecule has 4 nitrogen and oxygen atoms in total. The van der Waals surface area contributed by atoms with Crippen LogP contribution in [0.4, 0.5) is 0 Å². The van der Waals surface area contributed by atoms with Gasteiger partial charge in [0.1, 0.15) is 5.75 Å². The van der Waals surface area contributed by atoms with Crippen molar-refractivity contribution < 1.29 is 14.2 Å². The zero-order chi connectivity index (χ0) is 15.3. The van der Waals surface area contributed by atoms with Crippen molar-refractivity contribution in [1.82, 2.24) is 5.32 Å². The van der Waals surface area contributed by atoms with Gasteiger partial charge in [-0.05, 0) is 33.3 Å². The third kappa shape index (κ3) is 4.57. The number of hydrogen-bond donors (Lipinski definition) is 1. The van der Waals surface area contributed by atoms with Gasteiger partial charge in [0.25, 0.3) is 0 Å². The molecular weight excluding hydrogens is 266 g/mol. The molecule has 0 saturated heterocycles. The Hall–Kier alpha value is -1.86. The van der Waals surface area contributed by atoms with E-state index < -0.39 is 0 Å². The second-order valence-corrected chi connectivity index (χ2v) is 6.07. The maximum atomic E-state index is 5.86. The summed E-state index contributed by atoms with van der Waals surface area (Å²) in [6.07, 6.45) is 6.82. The summed E-state index contributed by atoms with van der Waals surface area (Å²) in [5.41, 5.74) is 1.10. The number of hydrogen-bond acceptors (Lipinski definition) is 4. The molecule has 0 radical (unpaired) electrons. The normalized spacial score (nSPS) is 13.0. The van der Waals surface area contributed by atoms with Crippen LogP contribution >= 0.6 is 0 Å². The molecule has 4 heteroatoms. The molecule has 0 fully saturated rings. The highest BCUT2D eigenvalue weighted by atomic mass is 16.7. The Morgan fingerprint density at radius 3 is 2.67 bits per heavy atom. The molecule has 0 spiro atoms. The van der Waals surface area contributed by atoms with Crippen LogP contribution in [0.15, 0.2) is 12.1 Å². The standard InChI is InChI=1S/C17H23NO3/c1-5-6-7-8-19-14-10-16-15(20-12-21-16)9-13(14)11-18-17(2,3)4/h1,9-10,18H,6-8,11-12H2,2-4H3. The zero-order valence-corrected chi connectivity index (χ0v) is 13.0. The van der Waals surface area contributed by atoms with Crippen LogP contribution in [0.2, 0.25) is 0 Å². The van der Waals surface area contributed by atoms with Crippen LogP contribution in [0.25, 0.3) is 0 Å². The predicted octanol–water partition coefficient (Wildman–Crippen LogP) is 3.10. The molecule has 114 valence electrons. The minimum Gasteiger partial charge on any atom is -0.493 e. The van der Waals surface area contributed by atoms with E-state index in [4.69, 9.17) is 20.6 Å². The molecule has 1 aromatic rings. The van der Waals surface area contributed by atoms with Gasteiger partial charge in [-0.1, -0.05) is 0 Å². The highest BCUT2D eigenvalue weighted by Crippen LogP contribution is 2.38. The van der Waals surface area contributed by atoms with Crippen LogP contribution in [0, 0.1) is 12.3 Å². The monoisotopic (exact) mass is 289 g/mol. The SMILES string of the molecule is C#CCCCOc1cc2c(cc1CNC(C)(C)C)OCO2. The smallest absolute Gasteiger partial charge is 0.231 e. The summed E-state index contributed by atoms with van der Waals surface area (Å²) in [5.74, 6) is 4.96. The first-order valence-electron chi connectivity index (χ1n) is 7.23. The fourth-order valence-corrected chi connectivity index (χ4v) is 1.95. The minimum atomic E-state index is 0.0388. The number of terminal acetylenes is 1. The summed E-state index contributed by atoms with van der Waals surface area (Å²) in [4.78, 5) is 0. The average Bonchev–Trinajstić information content (AvgIpc) is 2.87. The van der Waals surface area contributed by atoms with E-state index in [9.17, 15) is 0 Å². The first kappa shape index (κ1) is 15.5. The fourth-order valence-electron chi connectivity index (χ4n) is 1.95. The van der Waals surface area contributed by atoms with E-state index >= 15 is 0 Å². The molecule has 1 aromatic carbocycles. The van der Waals surface area contributed by atoms with Gasteiger partial charge in [0, 0.05) is 30.1 Å². The Morgan fingerprint density at radius 1 is 1.29 bits per heavy atom. The lowest BCUT2D eigenvalue weighted by molar-refractivity contribution is 0.173. The average molecular weight is 289 g/mol. The second-order valence-electron chi connectivity index (χ2n) is 6.07. The highest BCUT2D eigenvalue weighted by Gasteiger charge is 2.19. The van der Waals surface area contributed by atoms with Crippen molar-refractivity contribution in [3.8, 4) is 29.6 Å². The van der Waals surface area contributed by atoms with Gasteiger partial charge >= 0.3 is 0 Å². The van der Waals surface area contributed by atoms with Crippen LogP contribution in [-0.2, 0) is 6.54 Å². The number of benzene rings is 1. The van der Waals surface area contributed by atoms with E-state index in [1.54, 1.807) is 0 Å². The number of nitrogens with one attached hydrogen (secondary N) is 1. The van der Waals surface area contributed by atoms with Gasteiger partial charge in [-0.15, -0.1) is 12.3 Å². The third-order valence-electron chi connectivity index (χ3n) is 3.09. The number of rotatable bonds is 6. The lowest BCUT2D eigenvalue weighted by atomic mass is 10.1. The first-order chi connectivity index (χ1) is 9.99. The van der Waals surface area contributed by atoms with Crippen molar-refractivity contribution in [3.05, 3.63) is 17.7 Å². The number of unbranched alkanes of at least 4 members (excludes halogenated alkanes) is 1. The largest absolute Gasteiger partial charge is 0.493 e. The lowest BCUT2D eigenvalue weighted by Crippen LogP contribution is -2.35. The molecule has 2 rings (SSSR count). The molecule has 0 aliphatic carbocycles. The molecule has 0 bridgehead atoms. The Bertz CT molecular complexity index is 526. The molecule has 0 atom stereocenters. The van der Waals surface area contributed by atoms with E-state index in [1.165, 1.54) is 0 Å². The van der Waals surface area contributed by atoms with Crippen molar-refractivity contribution in [1.29, 1.82) is 0 Å². The molecule has 0 amide bonds.